The first-order chi connectivity index (χ1) is 8.75. The summed E-state index contributed by atoms with van der Waals surface area (Å²) in [5.41, 5.74) is 0.906. The van der Waals surface area contributed by atoms with Crippen LogP contribution < -0.4 is 5.32 Å². The van der Waals surface area contributed by atoms with E-state index in [1.165, 1.54) is 0 Å². The van der Waals surface area contributed by atoms with Gasteiger partial charge in [-0.1, -0.05) is 23.7 Å². The van der Waals surface area contributed by atoms with Crippen LogP contribution in [0.4, 0.5) is 4.79 Å². The fourth-order valence-electron chi connectivity index (χ4n) is 1.89. The molecule has 5 heteroatoms. The van der Waals surface area contributed by atoms with Gasteiger partial charge in [0.1, 0.15) is 6.61 Å². The third-order valence-corrected chi connectivity index (χ3v) is 3.08. The SMILES string of the molecule is O=C(OCc1cccc(Cl)c1)N1CCCNCC1. The molecule has 1 aliphatic heterocycles. The Hall–Kier alpha value is -1.26. The number of hydrogen-bond acceptors (Lipinski definition) is 3. The molecular formula is C13H17ClN2O2. The third-order valence-electron chi connectivity index (χ3n) is 2.85. The number of carbonyl (C=O) groups excluding carboxylic acids is 1. The molecule has 1 heterocycles. The van der Waals surface area contributed by atoms with Gasteiger partial charge in [-0.15, -0.1) is 0 Å². The van der Waals surface area contributed by atoms with Crippen LogP contribution in [0.25, 0.3) is 0 Å². The molecule has 1 amide bonds. The van der Waals surface area contributed by atoms with E-state index in [-0.39, 0.29) is 12.7 Å². The van der Waals surface area contributed by atoms with Crippen molar-refractivity contribution < 1.29 is 9.53 Å². The van der Waals surface area contributed by atoms with Crippen LogP contribution in [-0.2, 0) is 11.3 Å². The van der Waals surface area contributed by atoms with E-state index in [2.05, 4.69) is 5.32 Å². The molecule has 18 heavy (non-hydrogen) atoms. The fourth-order valence-corrected chi connectivity index (χ4v) is 2.10. The molecule has 0 saturated carbocycles. The number of carbonyl (C=O) groups is 1. The zero-order valence-corrected chi connectivity index (χ0v) is 10.9. The number of benzene rings is 1. The van der Waals surface area contributed by atoms with E-state index in [4.69, 9.17) is 16.3 Å². The number of nitrogens with one attached hydrogen (secondary N) is 1. The highest BCUT2D eigenvalue weighted by atomic mass is 35.5. The Kier molecular flexibility index (Phi) is 4.84. The van der Waals surface area contributed by atoms with Gasteiger partial charge in [0, 0.05) is 24.7 Å². The van der Waals surface area contributed by atoms with Gasteiger partial charge in [0.2, 0.25) is 0 Å². The van der Waals surface area contributed by atoms with E-state index in [0.29, 0.717) is 11.6 Å². The molecule has 0 bridgehead atoms. The second-order valence-electron chi connectivity index (χ2n) is 4.28. The molecule has 1 aromatic rings. The molecule has 1 aromatic carbocycles. The normalized spacial score (nSPS) is 16.2. The minimum Gasteiger partial charge on any atom is -0.445 e. The van der Waals surface area contributed by atoms with Crippen molar-refractivity contribution in [2.75, 3.05) is 26.2 Å². The Balaban J connectivity index is 1.83. The molecular weight excluding hydrogens is 252 g/mol. The second kappa shape index (κ2) is 6.61. The van der Waals surface area contributed by atoms with E-state index < -0.39 is 0 Å². The van der Waals surface area contributed by atoms with Gasteiger partial charge in [0.05, 0.1) is 0 Å². The first-order valence-electron chi connectivity index (χ1n) is 6.12. The van der Waals surface area contributed by atoms with Gasteiger partial charge in [-0.2, -0.15) is 0 Å². The molecule has 0 unspecified atom stereocenters. The second-order valence-corrected chi connectivity index (χ2v) is 4.71. The molecule has 1 N–H and O–H groups in total. The van der Waals surface area contributed by atoms with Crippen LogP contribution in [0.2, 0.25) is 5.02 Å². The summed E-state index contributed by atoms with van der Waals surface area (Å²) in [6.07, 6.45) is 0.713. The van der Waals surface area contributed by atoms with Crippen LogP contribution in [0, 0.1) is 0 Å². The van der Waals surface area contributed by atoms with E-state index in [9.17, 15) is 4.79 Å². The first kappa shape index (κ1) is 13.2. The van der Waals surface area contributed by atoms with E-state index in [1.807, 2.05) is 12.1 Å². The number of amides is 1. The molecule has 0 aliphatic carbocycles. The number of ether oxygens (including phenoxy) is 1. The first-order valence-corrected chi connectivity index (χ1v) is 6.50. The van der Waals surface area contributed by atoms with Crippen molar-refractivity contribution in [3.8, 4) is 0 Å². The molecule has 1 saturated heterocycles. The van der Waals surface area contributed by atoms with Crippen molar-refractivity contribution in [3.63, 3.8) is 0 Å². The number of halogens is 1. The van der Waals surface area contributed by atoms with Crippen molar-refractivity contribution in [1.29, 1.82) is 0 Å². The fraction of sp³-hybridized carbons (Fsp3) is 0.462. The summed E-state index contributed by atoms with van der Waals surface area (Å²) in [5.74, 6) is 0. The molecule has 1 fully saturated rings. The van der Waals surface area contributed by atoms with Crippen LogP contribution >= 0.6 is 11.6 Å². The molecule has 2 rings (SSSR count). The zero-order chi connectivity index (χ0) is 12.8. The topological polar surface area (TPSA) is 41.6 Å². The lowest BCUT2D eigenvalue weighted by Crippen LogP contribution is -2.34. The van der Waals surface area contributed by atoms with Gasteiger partial charge in [-0.25, -0.2) is 4.79 Å². The number of hydrogen-bond donors (Lipinski definition) is 1. The van der Waals surface area contributed by atoms with Gasteiger partial charge in [-0.3, -0.25) is 0 Å². The van der Waals surface area contributed by atoms with Crippen LogP contribution in [0.1, 0.15) is 12.0 Å². The van der Waals surface area contributed by atoms with Crippen LogP contribution in [0.5, 0.6) is 0 Å². The summed E-state index contributed by atoms with van der Waals surface area (Å²) in [4.78, 5) is 13.6. The number of rotatable bonds is 2. The molecule has 98 valence electrons. The average molecular weight is 269 g/mol. The Morgan fingerprint density at radius 1 is 1.39 bits per heavy atom. The van der Waals surface area contributed by atoms with Crippen molar-refractivity contribution in [3.05, 3.63) is 34.9 Å². The third kappa shape index (κ3) is 3.89. The van der Waals surface area contributed by atoms with Crippen molar-refractivity contribution in [2.24, 2.45) is 0 Å². The molecule has 0 atom stereocenters. The lowest BCUT2D eigenvalue weighted by atomic mass is 10.2. The summed E-state index contributed by atoms with van der Waals surface area (Å²) in [7, 11) is 0. The van der Waals surface area contributed by atoms with Crippen molar-refractivity contribution >= 4 is 17.7 Å². The predicted octanol–water partition coefficient (Wildman–Crippen LogP) is 2.27. The summed E-state index contributed by atoms with van der Waals surface area (Å²) in [6.45, 7) is 3.50. The van der Waals surface area contributed by atoms with Gasteiger partial charge in [0.25, 0.3) is 0 Å². The summed E-state index contributed by atoms with van der Waals surface area (Å²) >= 11 is 5.87. The Labute approximate surface area is 112 Å². The molecule has 0 radical (unpaired) electrons. The van der Waals surface area contributed by atoms with Gasteiger partial charge in [0.15, 0.2) is 0 Å². The highest BCUT2D eigenvalue weighted by Crippen LogP contribution is 2.12. The highest BCUT2D eigenvalue weighted by Gasteiger charge is 2.16. The maximum atomic E-state index is 11.9. The van der Waals surface area contributed by atoms with Gasteiger partial charge in [-0.05, 0) is 30.7 Å². The number of nitrogens with zero attached hydrogens (tertiary/aromatic N) is 1. The molecule has 4 nitrogen and oxygen atoms in total. The molecule has 1 aliphatic rings. The summed E-state index contributed by atoms with van der Waals surface area (Å²) < 4.78 is 5.28. The largest absolute Gasteiger partial charge is 0.445 e. The van der Waals surface area contributed by atoms with Gasteiger partial charge >= 0.3 is 6.09 Å². The Morgan fingerprint density at radius 3 is 3.11 bits per heavy atom. The smallest absolute Gasteiger partial charge is 0.410 e. The van der Waals surface area contributed by atoms with Crippen LogP contribution in [0.15, 0.2) is 24.3 Å². The van der Waals surface area contributed by atoms with Crippen LogP contribution in [-0.4, -0.2) is 37.2 Å². The summed E-state index contributed by atoms with van der Waals surface area (Å²) in [6, 6.07) is 7.34. The maximum absolute atomic E-state index is 11.9. The van der Waals surface area contributed by atoms with E-state index in [0.717, 1.165) is 31.6 Å². The maximum Gasteiger partial charge on any atom is 0.410 e. The Morgan fingerprint density at radius 2 is 2.28 bits per heavy atom. The summed E-state index contributed by atoms with van der Waals surface area (Å²) in [5, 5.41) is 3.90. The van der Waals surface area contributed by atoms with Gasteiger partial charge < -0.3 is 15.0 Å². The lowest BCUT2D eigenvalue weighted by molar-refractivity contribution is 0.0984. The predicted molar refractivity (Wildman–Crippen MR) is 70.7 cm³/mol. The zero-order valence-electron chi connectivity index (χ0n) is 10.2. The van der Waals surface area contributed by atoms with Crippen molar-refractivity contribution in [1.82, 2.24) is 10.2 Å². The monoisotopic (exact) mass is 268 g/mol. The van der Waals surface area contributed by atoms with E-state index in [1.54, 1.807) is 17.0 Å². The highest BCUT2D eigenvalue weighted by molar-refractivity contribution is 6.30. The lowest BCUT2D eigenvalue weighted by Gasteiger charge is -2.19. The van der Waals surface area contributed by atoms with E-state index >= 15 is 0 Å². The molecule has 0 spiro atoms. The standard InChI is InChI=1S/C13H17ClN2O2/c14-12-4-1-3-11(9-12)10-18-13(17)16-7-2-5-15-6-8-16/h1,3-4,9,15H,2,5-8,10H2. The minimum absolute atomic E-state index is 0.251. The quantitative estimate of drug-likeness (QED) is 0.895. The average Bonchev–Trinajstić information content (AvgIpc) is 2.65. The Bertz CT molecular complexity index is 404. The van der Waals surface area contributed by atoms with Crippen LogP contribution in [0.3, 0.4) is 0 Å². The molecule has 0 aromatic heterocycles. The minimum atomic E-state index is -0.251. The van der Waals surface area contributed by atoms with Crippen molar-refractivity contribution in [2.45, 2.75) is 13.0 Å².